The minimum Gasteiger partial charge on any atom is -0.294 e. The zero-order valence-corrected chi connectivity index (χ0v) is 12.7. The number of nitrogens with zero attached hydrogens (tertiary/aromatic N) is 5. The van der Waals surface area contributed by atoms with Gasteiger partial charge in [0.05, 0.1) is 6.04 Å². The lowest BCUT2D eigenvalue weighted by molar-refractivity contribution is 0.260. The summed E-state index contributed by atoms with van der Waals surface area (Å²) in [5.41, 5.74) is 1.82. The second-order valence-corrected chi connectivity index (χ2v) is 5.63. The fourth-order valence-electron chi connectivity index (χ4n) is 3.36. The Morgan fingerprint density at radius 3 is 2.86 bits per heavy atom. The molecule has 5 nitrogen and oxygen atoms in total. The van der Waals surface area contributed by atoms with Gasteiger partial charge in [0.2, 0.25) is 0 Å². The summed E-state index contributed by atoms with van der Waals surface area (Å²) in [6.07, 6.45) is 6.00. The number of hydrogen-bond acceptors (Lipinski definition) is 4. The molecule has 5 heteroatoms. The van der Waals surface area contributed by atoms with Gasteiger partial charge in [0.1, 0.15) is 17.2 Å². The minimum atomic E-state index is 0.348. The molecular weight excluding hydrogens is 274 g/mol. The van der Waals surface area contributed by atoms with Crippen molar-refractivity contribution in [3.8, 4) is 5.82 Å². The monoisotopic (exact) mass is 293 g/mol. The quantitative estimate of drug-likeness (QED) is 0.745. The highest BCUT2D eigenvalue weighted by atomic mass is 15.3. The second kappa shape index (κ2) is 5.50. The molecule has 4 heterocycles. The van der Waals surface area contributed by atoms with Gasteiger partial charge in [-0.05, 0) is 50.2 Å². The molecule has 0 spiro atoms. The zero-order valence-electron chi connectivity index (χ0n) is 12.7. The van der Waals surface area contributed by atoms with Crippen molar-refractivity contribution in [3.05, 3.63) is 48.5 Å². The van der Waals surface area contributed by atoms with Gasteiger partial charge in [0.25, 0.3) is 0 Å². The van der Waals surface area contributed by atoms with E-state index in [-0.39, 0.29) is 0 Å². The highest BCUT2D eigenvalue weighted by molar-refractivity contribution is 5.73. The molecule has 0 amide bonds. The van der Waals surface area contributed by atoms with Crippen LogP contribution in [0.2, 0.25) is 0 Å². The fourth-order valence-corrected chi connectivity index (χ4v) is 3.36. The van der Waals surface area contributed by atoms with Crippen LogP contribution in [0, 0.1) is 0 Å². The maximum atomic E-state index is 4.89. The molecule has 22 heavy (non-hydrogen) atoms. The van der Waals surface area contributed by atoms with E-state index in [0.29, 0.717) is 6.04 Å². The van der Waals surface area contributed by atoms with Crippen molar-refractivity contribution in [2.24, 2.45) is 0 Å². The van der Waals surface area contributed by atoms with Crippen molar-refractivity contribution in [2.45, 2.75) is 25.8 Å². The molecule has 1 aliphatic rings. The summed E-state index contributed by atoms with van der Waals surface area (Å²) in [7, 11) is 0. The standard InChI is InChI=1S/C17H19N5/c1-2-21-12-6-8-14(21)17-20-13-7-5-11-19-16(13)22(17)15-9-3-4-10-18-15/h3-5,7,9-11,14H,2,6,8,12H2,1H3. The molecule has 3 aromatic rings. The number of imidazole rings is 1. The Balaban J connectivity index is 1.94. The van der Waals surface area contributed by atoms with E-state index in [0.717, 1.165) is 42.3 Å². The number of likely N-dealkylation sites (tertiary alicyclic amines) is 1. The van der Waals surface area contributed by atoms with E-state index in [2.05, 4.69) is 26.4 Å². The first-order valence-electron chi connectivity index (χ1n) is 7.87. The van der Waals surface area contributed by atoms with E-state index >= 15 is 0 Å². The highest BCUT2D eigenvalue weighted by Crippen LogP contribution is 2.33. The van der Waals surface area contributed by atoms with Crippen LogP contribution in [-0.4, -0.2) is 37.5 Å². The number of rotatable bonds is 3. The predicted octanol–water partition coefficient (Wildman–Crippen LogP) is 2.97. The molecule has 0 N–H and O–H groups in total. The molecule has 0 bridgehead atoms. The second-order valence-electron chi connectivity index (χ2n) is 5.63. The predicted molar refractivity (Wildman–Crippen MR) is 85.9 cm³/mol. The maximum absolute atomic E-state index is 4.89. The molecule has 0 saturated carbocycles. The largest absolute Gasteiger partial charge is 0.294 e. The summed E-state index contributed by atoms with van der Waals surface area (Å²) in [6.45, 7) is 4.40. The Morgan fingerprint density at radius 1 is 1.14 bits per heavy atom. The summed E-state index contributed by atoms with van der Waals surface area (Å²) in [5, 5.41) is 0. The highest BCUT2D eigenvalue weighted by Gasteiger charge is 2.30. The zero-order chi connectivity index (χ0) is 14.9. The summed E-state index contributed by atoms with van der Waals surface area (Å²) in [6, 6.07) is 10.3. The van der Waals surface area contributed by atoms with Crippen molar-refractivity contribution < 1.29 is 0 Å². The summed E-state index contributed by atoms with van der Waals surface area (Å²) in [5.74, 6) is 1.95. The van der Waals surface area contributed by atoms with Crippen molar-refractivity contribution in [2.75, 3.05) is 13.1 Å². The van der Waals surface area contributed by atoms with Gasteiger partial charge < -0.3 is 0 Å². The molecule has 0 aromatic carbocycles. The lowest BCUT2D eigenvalue weighted by Crippen LogP contribution is -2.25. The van der Waals surface area contributed by atoms with E-state index in [4.69, 9.17) is 4.98 Å². The summed E-state index contributed by atoms with van der Waals surface area (Å²) in [4.78, 5) is 16.4. The number of fused-ring (bicyclic) bond motifs is 1. The van der Waals surface area contributed by atoms with E-state index in [1.54, 1.807) is 0 Å². The Kier molecular flexibility index (Phi) is 3.35. The third-order valence-corrected chi connectivity index (χ3v) is 4.39. The van der Waals surface area contributed by atoms with Crippen molar-refractivity contribution in [3.63, 3.8) is 0 Å². The van der Waals surface area contributed by atoms with Gasteiger partial charge in [0, 0.05) is 12.4 Å². The van der Waals surface area contributed by atoms with Gasteiger partial charge in [-0.3, -0.25) is 9.47 Å². The van der Waals surface area contributed by atoms with Gasteiger partial charge in [-0.25, -0.2) is 15.0 Å². The van der Waals surface area contributed by atoms with Crippen molar-refractivity contribution in [1.82, 2.24) is 24.4 Å². The SMILES string of the molecule is CCN1CCCC1c1nc2cccnc2n1-c1ccccn1. The van der Waals surface area contributed by atoms with Crippen LogP contribution in [0.1, 0.15) is 31.6 Å². The van der Waals surface area contributed by atoms with Crippen LogP contribution < -0.4 is 0 Å². The molecule has 1 fully saturated rings. The van der Waals surface area contributed by atoms with Crippen LogP contribution in [0.3, 0.4) is 0 Å². The van der Waals surface area contributed by atoms with Crippen LogP contribution in [0.15, 0.2) is 42.7 Å². The normalized spacial score (nSPS) is 19.0. The van der Waals surface area contributed by atoms with Crippen LogP contribution in [0.5, 0.6) is 0 Å². The summed E-state index contributed by atoms with van der Waals surface area (Å²) >= 11 is 0. The molecule has 112 valence electrons. The molecule has 0 aliphatic carbocycles. The average molecular weight is 293 g/mol. The van der Waals surface area contributed by atoms with E-state index < -0.39 is 0 Å². The smallest absolute Gasteiger partial charge is 0.165 e. The lowest BCUT2D eigenvalue weighted by Gasteiger charge is -2.22. The molecule has 4 rings (SSSR count). The molecule has 1 aliphatic heterocycles. The topological polar surface area (TPSA) is 46.8 Å². The molecule has 0 radical (unpaired) electrons. The Morgan fingerprint density at radius 2 is 2.05 bits per heavy atom. The lowest BCUT2D eigenvalue weighted by atomic mass is 10.2. The van der Waals surface area contributed by atoms with E-state index in [1.807, 2.05) is 42.7 Å². The number of hydrogen-bond donors (Lipinski definition) is 0. The number of pyridine rings is 2. The minimum absolute atomic E-state index is 0.348. The van der Waals surface area contributed by atoms with Gasteiger partial charge in [0.15, 0.2) is 5.65 Å². The molecule has 1 saturated heterocycles. The average Bonchev–Trinajstić information content (AvgIpc) is 3.19. The first-order valence-corrected chi connectivity index (χ1v) is 7.87. The molecule has 3 aromatic heterocycles. The fraction of sp³-hybridized carbons (Fsp3) is 0.353. The van der Waals surface area contributed by atoms with E-state index in [1.165, 1.54) is 6.42 Å². The Hall–Kier alpha value is -2.27. The van der Waals surface area contributed by atoms with Crippen LogP contribution in [-0.2, 0) is 0 Å². The van der Waals surface area contributed by atoms with Crippen LogP contribution in [0.4, 0.5) is 0 Å². The van der Waals surface area contributed by atoms with Gasteiger partial charge in [-0.15, -0.1) is 0 Å². The Bertz CT molecular complexity index is 780. The van der Waals surface area contributed by atoms with Crippen LogP contribution >= 0.6 is 0 Å². The maximum Gasteiger partial charge on any atom is 0.165 e. The third kappa shape index (κ3) is 2.09. The number of aromatic nitrogens is 4. The molecular formula is C17H19N5. The van der Waals surface area contributed by atoms with Crippen molar-refractivity contribution in [1.29, 1.82) is 0 Å². The van der Waals surface area contributed by atoms with E-state index in [9.17, 15) is 0 Å². The molecule has 1 atom stereocenters. The van der Waals surface area contributed by atoms with Gasteiger partial charge in [-0.1, -0.05) is 13.0 Å². The van der Waals surface area contributed by atoms with Gasteiger partial charge >= 0.3 is 0 Å². The first-order chi connectivity index (χ1) is 10.9. The third-order valence-electron chi connectivity index (χ3n) is 4.39. The van der Waals surface area contributed by atoms with Crippen molar-refractivity contribution >= 4 is 11.2 Å². The van der Waals surface area contributed by atoms with Gasteiger partial charge in [-0.2, -0.15) is 0 Å². The first kappa shape index (κ1) is 13.4. The summed E-state index contributed by atoms with van der Waals surface area (Å²) < 4.78 is 2.12. The Labute approximate surface area is 129 Å². The van der Waals surface area contributed by atoms with Crippen LogP contribution in [0.25, 0.3) is 17.0 Å². The molecule has 1 unspecified atom stereocenters.